The Morgan fingerprint density at radius 2 is 1.93 bits per heavy atom. The molecule has 0 saturated carbocycles. The van der Waals surface area contributed by atoms with Crippen LogP contribution in [0.1, 0.15) is 12.0 Å². The summed E-state index contributed by atoms with van der Waals surface area (Å²) in [7, 11) is 0. The van der Waals surface area contributed by atoms with Gasteiger partial charge in [-0.05, 0) is 17.6 Å². The van der Waals surface area contributed by atoms with E-state index in [1.807, 2.05) is 18.2 Å². The van der Waals surface area contributed by atoms with Crippen molar-refractivity contribution in [1.82, 2.24) is 0 Å². The highest BCUT2D eigenvalue weighted by Crippen LogP contribution is 2.36. The Kier molecular flexibility index (Phi) is 2.74. The van der Waals surface area contributed by atoms with Gasteiger partial charge in [-0.3, -0.25) is 0 Å². The van der Waals surface area contributed by atoms with E-state index in [2.05, 4.69) is 53.0 Å². The molecule has 0 saturated heterocycles. The highest BCUT2D eigenvalue weighted by molar-refractivity contribution is 14.1. The molecule has 2 rings (SSSR count). The summed E-state index contributed by atoms with van der Waals surface area (Å²) in [6, 6.07) is 10.3. The van der Waals surface area contributed by atoms with Crippen LogP contribution in [0.15, 0.2) is 48.6 Å². The smallest absolute Gasteiger partial charge is 0.0975 e. The molecular formula is C12H12IN. The van der Waals surface area contributed by atoms with E-state index in [1.165, 1.54) is 11.1 Å². The van der Waals surface area contributed by atoms with Gasteiger partial charge in [-0.2, -0.15) is 0 Å². The van der Waals surface area contributed by atoms with E-state index in [1.54, 1.807) is 0 Å². The van der Waals surface area contributed by atoms with Crippen LogP contribution >= 0.6 is 22.6 Å². The van der Waals surface area contributed by atoms with Crippen LogP contribution in [0.25, 0.3) is 5.57 Å². The Labute approximate surface area is 97.8 Å². The van der Waals surface area contributed by atoms with E-state index < -0.39 is 0 Å². The van der Waals surface area contributed by atoms with Crippen molar-refractivity contribution in [3.63, 3.8) is 0 Å². The van der Waals surface area contributed by atoms with Gasteiger partial charge in [-0.25, -0.2) is 0 Å². The summed E-state index contributed by atoms with van der Waals surface area (Å²) in [5, 5.41) is 0. The average molecular weight is 297 g/mol. The van der Waals surface area contributed by atoms with Gasteiger partial charge in [0.25, 0.3) is 0 Å². The van der Waals surface area contributed by atoms with E-state index in [9.17, 15) is 0 Å². The van der Waals surface area contributed by atoms with Gasteiger partial charge < -0.3 is 5.73 Å². The molecule has 2 N–H and O–H groups in total. The first-order valence-corrected chi connectivity index (χ1v) is 5.68. The van der Waals surface area contributed by atoms with E-state index in [0.717, 1.165) is 6.42 Å². The Bertz CT molecular complexity index is 377. The van der Waals surface area contributed by atoms with Gasteiger partial charge in [0.15, 0.2) is 0 Å². The predicted molar refractivity (Wildman–Crippen MR) is 69.1 cm³/mol. The number of hydrogen-bond acceptors (Lipinski definition) is 1. The monoisotopic (exact) mass is 297 g/mol. The number of rotatable bonds is 1. The van der Waals surface area contributed by atoms with Crippen molar-refractivity contribution < 1.29 is 0 Å². The number of alkyl halides is 1. The fourth-order valence-corrected chi connectivity index (χ4v) is 2.35. The lowest BCUT2D eigenvalue weighted by Gasteiger charge is -2.27. The molecule has 0 amide bonds. The van der Waals surface area contributed by atoms with Crippen LogP contribution in [0.2, 0.25) is 0 Å². The highest BCUT2D eigenvalue weighted by atomic mass is 127. The van der Waals surface area contributed by atoms with Crippen LogP contribution in [0.5, 0.6) is 0 Å². The number of nitrogens with two attached hydrogens (primary N) is 1. The molecule has 1 atom stereocenters. The van der Waals surface area contributed by atoms with Crippen LogP contribution < -0.4 is 5.73 Å². The molecule has 0 aromatic heterocycles. The minimum absolute atomic E-state index is 0.256. The SMILES string of the molecule is NC1(I)CC=CC=C1c1ccccc1. The topological polar surface area (TPSA) is 26.0 Å². The van der Waals surface area contributed by atoms with Crippen molar-refractivity contribution in [1.29, 1.82) is 0 Å². The summed E-state index contributed by atoms with van der Waals surface area (Å²) in [5.41, 5.74) is 8.65. The fourth-order valence-electron chi connectivity index (χ4n) is 1.61. The number of hydrogen-bond donors (Lipinski definition) is 1. The molecule has 1 aromatic carbocycles. The van der Waals surface area contributed by atoms with Gasteiger partial charge in [0, 0.05) is 0 Å². The van der Waals surface area contributed by atoms with Crippen molar-refractivity contribution in [2.24, 2.45) is 5.73 Å². The van der Waals surface area contributed by atoms with Gasteiger partial charge in [0.1, 0.15) is 0 Å². The molecular weight excluding hydrogens is 285 g/mol. The molecule has 72 valence electrons. The fraction of sp³-hybridized carbons (Fsp3) is 0.167. The van der Waals surface area contributed by atoms with Crippen LogP contribution in [0.3, 0.4) is 0 Å². The molecule has 0 spiro atoms. The molecule has 0 radical (unpaired) electrons. The first kappa shape index (κ1) is 9.93. The van der Waals surface area contributed by atoms with E-state index in [0.29, 0.717) is 0 Å². The zero-order valence-corrected chi connectivity index (χ0v) is 9.94. The Morgan fingerprint density at radius 1 is 1.21 bits per heavy atom. The number of halogens is 1. The molecule has 0 fully saturated rings. The van der Waals surface area contributed by atoms with Gasteiger partial charge in [-0.1, -0.05) is 71.2 Å². The van der Waals surface area contributed by atoms with Gasteiger partial charge in [-0.15, -0.1) is 0 Å². The maximum absolute atomic E-state index is 6.22. The van der Waals surface area contributed by atoms with Crippen molar-refractivity contribution in [3.05, 3.63) is 54.1 Å². The summed E-state index contributed by atoms with van der Waals surface area (Å²) in [6.45, 7) is 0. The van der Waals surface area contributed by atoms with Gasteiger partial charge in [0.05, 0.1) is 3.55 Å². The predicted octanol–water partition coefficient (Wildman–Crippen LogP) is 3.12. The summed E-state index contributed by atoms with van der Waals surface area (Å²) in [5.74, 6) is 0. The molecule has 0 aliphatic heterocycles. The minimum atomic E-state index is -0.256. The third-order valence-electron chi connectivity index (χ3n) is 2.35. The van der Waals surface area contributed by atoms with Crippen molar-refractivity contribution in [3.8, 4) is 0 Å². The summed E-state index contributed by atoms with van der Waals surface area (Å²) in [6.07, 6.45) is 7.19. The standard InChI is InChI=1S/C12H12IN/c13-12(14)9-5-4-8-11(12)10-6-2-1-3-7-10/h1-8H,9,14H2. The van der Waals surface area contributed by atoms with E-state index in [4.69, 9.17) is 5.73 Å². The minimum Gasteiger partial charge on any atom is -0.313 e. The van der Waals surface area contributed by atoms with Crippen LogP contribution in [0.4, 0.5) is 0 Å². The second-order valence-corrected chi connectivity index (χ2v) is 5.37. The second-order valence-electron chi connectivity index (χ2n) is 3.44. The normalized spacial score (nSPS) is 26.0. The molecule has 14 heavy (non-hydrogen) atoms. The lowest BCUT2D eigenvalue weighted by molar-refractivity contribution is 0.814. The number of allylic oxidation sites excluding steroid dienone is 2. The molecule has 1 nitrogen and oxygen atoms in total. The Morgan fingerprint density at radius 3 is 2.57 bits per heavy atom. The first-order valence-electron chi connectivity index (χ1n) is 4.61. The quantitative estimate of drug-likeness (QED) is 0.481. The molecule has 1 unspecified atom stereocenters. The maximum atomic E-state index is 6.22. The zero-order chi connectivity index (χ0) is 10.0. The third-order valence-corrected chi connectivity index (χ3v) is 3.37. The summed E-state index contributed by atoms with van der Waals surface area (Å²) in [4.78, 5) is 0. The summed E-state index contributed by atoms with van der Waals surface area (Å²) < 4.78 is -0.256. The van der Waals surface area contributed by atoms with E-state index in [-0.39, 0.29) is 3.55 Å². The van der Waals surface area contributed by atoms with Gasteiger partial charge in [0.2, 0.25) is 0 Å². The first-order chi connectivity index (χ1) is 6.70. The molecule has 1 aromatic rings. The molecule has 0 bridgehead atoms. The summed E-state index contributed by atoms with van der Waals surface area (Å²) >= 11 is 2.31. The maximum Gasteiger partial charge on any atom is 0.0975 e. The van der Waals surface area contributed by atoms with E-state index >= 15 is 0 Å². The van der Waals surface area contributed by atoms with Crippen LogP contribution in [-0.2, 0) is 0 Å². The Balaban J connectivity index is 2.43. The van der Waals surface area contributed by atoms with Gasteiger partial charge >= 0.3 is 0 Å². The lowest BCUT2D eigenvalue weighted by Crippen LogP contribution is -2.34. The zero-order valence-electron chi connectivity index (χ0n) is 7.78. The molecule has 1 aliphatic carbocycles. The van der Waals surface area contributed by atoms with Crippen molar-refractivity contribution in [2.45, 2.75) is 9.97 Å². The molecule has 1 aliphatic rings. The second kappa shape index (κ2) is 3.87. The third kappa shape index (κ3) is 1.91. The average Bonchev–Trinajstić information content (AvgIpc) is 2.18. The van der Waals surface area contributed by atoms with Crippen molar-refractivity contribution in [2.75, 3.05) is 0 Å². The van der Waals surface area contributed by atoms with Crippen molar-refractivity contribution >= 4 is 28.2 Å². The number of benzene rings is 1. The van der Waals surface area contributed by atoms with Crippen LogP contribution in [0, 0.1) is 0 Å². The Hall–Kier alpha value is -0.610. The largest absolute Gasteiger partial charge is 0.313 e. The highest BCUT2D eigenvalue weighted by Gasteiger charge is 2.26. The molecule has 2 heteroatoms. The molecule has 0 heterocycles. The lowest BCUT2D eigenvalue weighted by atomic mass is 9.93. The van der Waals surface area contributed by atoms with Crippen LogP contribution in [-0.4, -0.2) is 3.55 Å².